The van der Waals surface area contributed by atoms with Gasteiger partial charge in [-0.2, -0.15) is 10.1 Å². The van der Waals surface area contributed by atoms with Crippen LogP contribution < -0.4 is 0 Å². The summed E-state index contributed by atoms with van der Waals surface area (Å²) in [7, 11) is 0. The Morgan fingerprint density at radius 2 is 2.37 bits per heavy atom. The Bertz CT molecular complexity index is 597. The van der Waals surface area contributed by atoms with Crippen molar-refractivity contribution in [1.82, 2.24) is 9.78 Å². The van der Waals surface area contributed by atoms with Gasteiger partial charge in [-0.15, -0.1) is 0 Å². The molecule has 100 valence electrons. The zero-order valence-corrected chi connectivity index (χ0v) is 11.7. The van der Waals surface area contributed by atoms with Gasteiger partial charge in [0, 0.05) is 13.8 Å². The zero-order chi connectivity index (χ0) is 14.0. The van der Waals surface area contributed by atoms with Gasteiger partial charge in [-0.3, -0.25) is 9.48 Å². The number of carbonyl (C=O) groups is 1. The van der Waals surface area contributed by atoms with Crippen molar-refractivity contribution in [3.63, 3.8) is 0 Å². The van der Waals surface area contributed by atoms with Gasteiger partial charge in [0.25, 0.3) is 0 Å². The molecule has 1 amide bonds. The first-order valence-electron chi connectivity index (χ1n) is 5.64. The Kier molecular flexibility index (Phi) is 3.50. The highest BCUT2D eigenvalue weighted by Crippen LogP contribution is 2.25. The molecule has 0 aromatic carbocycles. The van der Waals surface area contributed by atoms with Crippen LogP contribution in [0.4, 0.5) is 0 Å². The number of aliphatic imine (C=N–C) groups is 1. The molecule has 6 nitrogen and oxygen atoms in total. The molecule has 0 aliphatic carbocycles. The number of ether oxygens (including phenoxy) is 2. The topological polar surface area (TPSA) is 65.7 Å². The van der Waals surface area contributed by atoms with E-state index in [2.05, 4.69) is 27.5 Å². The third kappa shape index (κ3) is 3.07. The highest BCUT2D eigenvalue weighted by atomic mass is 32.1. The van der Waals surface area contributed by atoms with E-state index in [1.54, 1.807) is 26.8 Å². The quantitative estimate of drug-likeness (QED) is 0.626. The number of aromatic nitrogens is 2. The average Bonchev–Trinajstić information content (AvgIpc) is 2.83. The Hall–Kier alpha value is -1.98. The Morgan fingerprint density at radius 1 is 1.63 bits per heavy atom. The van der Waals surface area contributed by atoms with E-state index < -0.39 is 11.7 Å². The zero-order valence-electron chi connectivity index (χ0n) is 10.8. The van der Waals surface area contributed by atoms with Gasteiger partial charge in [-0.1, -0.05) is 0 Å². The number of isothiocyanates is 1. The van der Waals surface area contributed by atoms with Crippen LogP contribution in [-0.2, 0) is 16.0 Å². The molecule has 1 aromatic rings. The minimum Gasteiger partial charge on any atom is -0.457 e. The number of carbonyl (C=O) groups excluding carboxylic acids is 1. The second kappa shape index (κ2) is 4.95. The lowest BCUT2D eigenvalue weighted by molar-refractivity contribution is -0.118. The van der Waals surface area contributed by atoms with Crippen LogP contribution in [0.1, 0.15) is 30.0 Å². The number of hydrogen-bond donors (Lipinski definition) is 0. The van der Waals surface area contributed by atoms with Gasteiger partial charge in [0.1, 0.15) is 18.5 Å². The van der Waals surface area contributed by atoms with Gasteiger partial charge in [0.05, 0.1) is 10.9 Å². The molecule has 1 aromatic heterocycles. The largest absolute Gasteiger partial charge is 0.457 e. The average molecular weight is 279 g/mol. The van der Waals surface area contributed by atoms with E-state index in [9.17, 15) is 4.79 Å². The number of hydrogen-bond acceptors (Lipinski definition) is 5. The molecule has 0 N–H and O–H groups in total. The van der Waals surface area contributed by atoms with E-state index in [1.165, 1.54) is 10.9 Å². The van der Waals surface area contributed by atoms with Crippen molar-refractivity contribution in [2.24, 2.45) is 4.99 Å². The van der Waals surface area contributed by atoms with Crippen LogP contribution in [0.2, 0.25) is 0 Å². The van der Waals surface area contributed by atoms with Crippen LogP contribution in [0.15, 0.2) is 23.1 Å². The summed E-state index contributed by atoms with van der Waals surface area (Å²) in [5.74, 6) is -0.573. The molecule has 0 saturated heterocycles. The van der Waals surface area contributed by atoms with Crippen molar-refractivity contribution in [3.05, 3.63) is 29.5 Å². The molecule has 19 heavy (non-hydrogen) atoms. The molecule has 2 rings (SSSR count). The van der Waals surface area contributed by atoms with Gasteiger partial charge in [-0.05, 0) is 25.2 Å². The number of aryl methyl sites for hydroxylation is 1. The molecule has 0 unspecified atom stereocenters. The van der Waals surface area contributed by atoms with Crippen molar-refractivity contribution < 1.29 is 14.3 Å². The van der Waals surface area contributed by atoms with Crippen LogP contribution in [0.3, 0.4) is 0 Å². The second-order valence-corrected chi connectivity index (χ2v) is 4.72. The summed E-state index contributed by atoms with van der Waals surface area (Å²) in [4.78, 5) is 15.2. The first-order chi connectivity index (χ1) is 8.91. The maximum absolute atomic E-state index is 11.7. The highest BCUT2D eigenvalue weighted by Gasteiger charge is 2.28. The van der Waals surface area contributed by atoms with E-state index >= 15 is 0 Å². The van der Waals surface area contributed by atoms with E-state index in [1.807, 2.05) is 0 Å². The number of allylic oxidation sites excluding steroid dienone is 1. The summed E-state index contributed by atoms with van der Waals surface area (Å²) in [5, 5.41) is 6.28. The lowest BCUT2D eigenvalue weighted by Gasteiger charge is -2.18. The molecular weight excluding hydrogens is 266 g/mol. The van der Waals surface area contributed by atoms with Crippen LogP contribution in [0, 0.1) is 6.92 Å². The summed E-state index contributed by atoms with van der Waals surface area (Å²) < 4.78 is 12.4. The molecule has 2 heterocycles. The van der Waals surface area contributed by atoms with Crippen molar-refractivity contribution in [1.29, 1.82) is 0 Å². The predicted octanol–water partition coefficient (Wildman–Crippen LogP) is 2.06. The van der Waals surface area contributed by atoms with Gasteiger partial charge < -0.3 is 9.47 Å². The summed E-state index contributed by atoms with van der Waals surface area (Å²) in [6.07, 6.45) is 1.52. The van der Waals surface area contributed by atoms with Gasteiger partial charge in [-0.25, -0.2) is 0 Å². The Balaban J connectivity index is 2.22. The van der Waals surface area contributed by atoms with Crippen LogP contribution >= 0.6 is 12.2 Å². The fourth-order valence-corrected chi connectivity index (χ4v) is 1.81. The number of nitrogens with zero attached hydrogens (tertiary/aromatic N) is 3. The molecule has 7 heteroatoms. The smallest absolute Gasteiger partial charge is 0.304 e. The lowest BCUT2D eigenvalue weighted by Crippen LogP contribution is -2.21. The van der Waals surface area contributed by atoms with E-state index in [0.29, 0.717) is 23.7 Å². The summed E-state index contributed by atoms with van der Waals surface area (Å²) >= 11 is 4.43. The molecule has 1 aliphatic heterocycles. The maximum atomic E-state index is 11.7. The molecule has 0 fully saturated rings. The number of amides is 1. The summed E-state index contributed by atoms with van der Waals surface area (Å²) in [5.41, 5.74) is 1.05. The summed E-state index contributed by atoms with van der Waals surface area (Å²) in [6, 6.07) is 1.64. The lowest BCUT2D eigenvalue weighted by atomic mass is 10.3. The molecule has 0 spiro atoms. The Morgan fingerprint density at radius 3 is 2.95 bits per heavy atom. The number of thiocarbonyl (C=S) groups is 1. The van der Waals surface area contributed by atoms with E-state index in [4.69, 9.17) is 9.47 Å². The monoisotopic (exact) mass is 279 g/mol. The molecule has 1 aliphatic rings. The third-order valence-electron chi connectivity index (χ3n) is 2.43. The van der Waals surface area contributed by atoms with Crippen LogP contribution in [0.5, 0.6) is 0 Å². The van der Waals surface area contributed by atoms with Gasteiger partial charge in [0.2, 0.25) is 5.79 Å². The first kappa shape index (κ1) is 13.5. The van der Waals surface area contributed by atoms with E-state index in [0.717, 1.165) is 0 Å². The van der Waals surface area contributed by atoms with Crippen LogP contribution in [-0.4, -0.2) is 26.6 Å². The molecular formula is C12H13N3O3S. The molecule has 0 radical (unpaired) electrons. The summed E-state index contributed by atoms with van der Waals surface area (Å²) in [6.45, 7) is 5.69. The molecule has 0 saturated carbocycles. The SMILES string of the molecule is Cc1cc(C(=O)N=C=S)n(CC2=COC(C)(C)O2)n1. The second-order valence-electron chi connectivity index (χ2n) is 4.54. The van der Waals surface area contributed by atoms with E-state index in [-0.39, 0.29) is 0 Å². The highest BCUT2D eigenvalue weighted by molar-refractivity contribution is 7.78. The third-order valence-corrected chi connectivity index (χ3v) is 2.52. The minimum atomic E-state index is -0.686. The number of rotatable bonds is 3. The van der Waals surface area contributed by atoms with Crippen molar-refractivity contribution in [2.75, 3.05) is 0 Å². The fourth-order valence-electron chi connectivity index (χ4n) is 1.73. The van der Waals surface area contributed by atoms with Gasteiger partial charge >= 0.3 is 5.91 Å². The maximum Gasteiger partial charge on any atom is 0.304 e. The fraction of sp³-hybridized carbons (Fsp3) is 0.417. The molecule has 0 bridgehead atoms. The normalized spacial score (nSPS) is 16.1. The van der Waals surface area contributed by atoms with Gasteiger partial charge in [0.15, 0.2) is 5.76 Å². The van der Waals surface area contributed by atoms with Crippen molar-refractivity contribution >= 4 is 23.3 Å². The molecule has 0 atom stereocenters. The predicted molar refractivity (Wildman–Crippen MR) is 70.7 cm³/mol. The van der Waals surface area contributed by atoms with Crippen molar-refractivity contribution in [3.8, 4) is 0 Å². The van der Waals surface area contributed by atoms with Crippen LogP contribution in [0.25, 0.3) is 0 Å². The first-order valence-corrected chi connectivity index (χ1v) is 6.04. The Labute approximate surface area is 115 Å². The standard InChI is InChI=1S/C12H13N3O3S/c1-8-4-10(11(16)13-7-19)15(14-8)5-9-6-17-12(2,3)18-9/h4,6H,5H2,1-3H3. The van der Waals surface area contributed by atoms with Crippen molar-refractivity contribution in [2.45, 2.75) is 33.1 Å². The minimum absolute atomic E-state index is 0.297.